The van der Waals surface area contributed by atoms with Crippen molar-refractivity contribution in [1.82, 2.24) is 9.78 Å². The van der Waals surface area contributed by atoms with Crippen LogP contribution in [0.3, 0.4) is 0 Å². The van der Waals surface area contributed by atoms with E-state index < -0.39 is 44.2 Å². The standard InChI is InChI=1S/C16H13ClF4N2O3S/c1-23-14(16(19,20)21)6-12(24)15(22-23)9-4-13(10(17)5-11(9)18)27(25,26)7-8-2-3-8/h4-6,8H,2-3,7H2,1H3. The van der Waals surface area contributed by atoms with Gasteiger partial charge in [0.25, 0.3) is 0 Å². The molecule has 1 aliphatic rings. The molecule has 0 unspecified atom stereocenters. The highest BCUT2D eigenvalue weighted by atomic mass is 35.5. The predicted octanol–water partition coefficient (Wildman–Crippen LogP) is 3.44. The molecule has 27 heavy (non-hydrogen) atoms. The highest BCUT2D eigenvalue weighted by molar-refractivity contribution is 7.91. The molecule has 1 heterocycles. The highest BCUT2D eigenvalue weighted by Gasteiger charge is 2.35. The second kappa shape index (κ2) is 6.59. The molecular formula is C16H13ClF4N2O3S. The Hall–Kier alpha value is -1.94. The van der Waals surface area contributed by atoms with E-state index >= 15 is 0 Å². The fourth-order valence-corrected chi connectivity index (χ4v) is 4.91. The summed E-state index contributed by atoms with van der Waals surface area (Å²) in [5, 5.41) is 3.14. The molecule has 11 heteroatoms. The molecule has 0 radical (unpaired) electrons. The molecule has 0 aliphatic heterocycles. The van der Waals surface area contributed by atoms with E-state index in [2.05, 4.69) is 5.10 Å². The summed E-state index contributed by atoms with van der Waals surface area (Å²) in [4.78, 5) is 11.7. The van der Waals surface area contributed by atoms with Gasteiger partial charge in [-0.2, -0.15) is 18.3 Å². The summed E-state index contributed by atoms with van der Waals surface area (Å²) < 4.78 is 78.3. The van der Waals surface area contributed by atoms with Gasteiger partial charge in [0, 0.05) is 18.7 Å². The van der Waals surface area contributed by atoms with Crippen molar-refractivity contribution in [3.8, 4) is 11.3 Å². The number of rotatable bonds is 4. The number of hydrogen-bond donors (Lipinski definition) is 0. The third-order valence-electron chi connectivity index (χ3n) is 4.15. The van der Waals surface area contributed by atoms with E-state index in [0.29, 0.717) is 4.68 Å². The van der Waals surface area contributed by atoms with E-state index in [1.165, 1.54) is 0 Å². The number of halogens is 5. The van der Waals surface area contributed by atoms with Gasteiger partial charge in [0.15, 0.2) is 9.84 Å². The summed E-state index contributed by atoms with van der Waals surface area (Å²) in [5.41, 5.74) is -3.66. The Morgan fingerprint density at radius 1 is 1.26 bits per heavy atom. The summed E-state index contributed by atoms with van der Waals surface area (Å²) in [5.74, 6) is -1.23. The van der Waals surface area contributed by atoms with E-state index in [1.807, 2.05) is 0 Å². The van der Waals surface area contributed by atoms with Crippen LogP contribution in [0.25, 0.3) is 11.3 Å². The number of alkyl halides is 3. The SMILES string of the molecule is Cn1nc(-c2cc(S(=O)(=O)CC3CC3)c(Cl)cc2F)c(=O)cc1C(F)(F)F. The van der Waals surface area contributed by atoms with Crippen molar-refractivity contribution in [2.45, 2.75) is 23.9 Å². The smallest absolute Gasteiger partial charge is 0.287 e. The van der Waals surface area contributed by atoms with Crippen molar-refractivity contribution in [1.29, 1.82) is 0 Å². The number of benzene rings is 1. The van der Waals surface area contributed by atoms with Crippen LogP contribution in [0.4, 0.5) is 17.6 Å². The molecule has 3 rings (SSSR count). The monoisotopic (exact) mass is 424 g/mol. The van der Waals surface area contributed by atoms with Gasteiger partial charge in [-0.15, -0.1) is 0 Å². The Kier molecular flexibility index (Phi) is 4.84. The maximum atomic E-state index is 14.3. The summed E-state index contributed by atoms with van der Waals surface area (Å²) in [7, 11) is -2.90. The van der Waals surface area contributed by atoms with Crippen LogP contribution in [-0.2, 0) is 23.1 Å². The van der Waals surface area contributed by atoms with Crippen LogP contribution in [0.5, 0.6) is 0 Å². The minimum Gasteiger partial charge on any atom is -0.287 e. The van der Waals surface area contributed by atoms with Crippen LogP contribution in [0.2, 0.25) is 5.02 Å². The molecule has 5 nitrogen and oxygen atoms in total. The molecule has 0 bridgehead atoms. The molecule has 0 atom stereocenters. The van der Waals surface area contributed by atoms with Crippen molar-refractivity contribution in [2.75, 3.05) is 5.75 Å². The Labute approximate surface area is 156 Å². The van der Waals surface area contributed by atoms with E-state index in [4.69, 9.17) is 11.6 Å². The number of nitrogens with zero attached hydrogens (tertiary/aromatic N) is 2. The van der Waals surface area contributed by atoms with Crippen LogP contribution >= 0.6 is 11.6 Å². The van der Waals surface area contributed by atoms with Crippen molar-refractivity contribution in [3.63, 3.8) is 0 Å². The molecule has 0 saturated heterocycles. The van der Waals surface area contributed by atoms with Crippen molar-refractivity contribution < 1.29 is 26.0 Å². The molecule has 1 aliphatic carbocycles. The van der Waals surface area contributed by atoms with Gasteiger partial charge in [-0.3, -0.25) is 9.48 Å². The van der Waals surface area contributed by atoms with Gasteiger partial charge >= 0.3 is 6.18 Å². The molecular weight excluding hydrogens is 412 g/mol. The van der Waals surface area contributed by atoms with Gasteiger partial charge in [-0.1, -0.05) is 11.6 Å². The minimum absolute atomic E-state index is 0.00312. The molecule has 2 aromatic rings. The number of aromatic nitrogens is 2. The largest absolute Gasteiger partial charge is 0.433 e. The van der Waals surface area contributed by atoms with Gasteiger partial charge in [0.1, 0.15) is 17.2 Å². The Balaban J connectivity index is 2.17. The summed E-state index contributed by atoms with van der Waals surface area (Å²) in [6.45, 7) is 0. The van der Waals surface area contributed by atoms with Crippen LogP contribution in [0, 0.1) is 11.7 Å². The second-order valence-electron chi connectivity index (χ2n) is 6.35. The molecule has 1 aromatic carbocycles. The molecule has 1 aromatic heterocycles. The highest BCUT2D eigenvalue weighted by Crippen LogP contribution is 2.36. The maximum Gasteiger partial charge on any atom is 0.433 e. The van der Waals surface area contributed by atoms with Gasteiger partial charge in [0.05, 0.1) is 15.7 Å². The molecule has 0 spiro atoms. The van der Waals surface area contributed by atoms with Crippen molar-refractivity contribution in [2.24, 2.45) is 13.0 Å². The normalized spacial score (nSPS) is 15.2. The lowest BCUT2D eigenvalue weighted by Gasteiger charge is -2.13. The van der Waals surface area contributed by atoms with Crippen LogP contribution < -0.4 is 5.43 Å². The third kappa shape index (κ3) is 4.01. The van der Waals surface area contributed by atoms with E-state index in [9.17, 15) is 30.8 Å². The molecule has 1 fully saturated rings. The molecule has 146 valence electrons. The van der Waals surface area contributed by atoms with Crippen LogP contribution in [0.15, 0.2) is 27.9 Å². The lowest BCUT2D eigenvalue weighted by Crippen LogP contribution is -2.23. The molecule has 0 N–H and O–H groups in total. The van der Waals surface area contributed by atoms with Gasteiger partial charge in [0.2, 0.25) is 5.43 Å². The Morgan fingerprint density at radius 2 is 1.89 bits per heavy atom. The Bertz CT molecular complexity index is 1080. The average molecular weight is 425 g/mol. The van der Waals surface area contributed by atoms with Gasteiger partial charge < -0.3 is 0 Å². The number of sulfone groups is 1. The van der Waals surface area contributed by atoms with E-state index in [0.717, 1.165) is 32.0 Å². The summed E-state index contributed by atoms with van der Waals surface area (Å²) in [6, 6.07) is 1.86. The van der Waals surface area contributed by atoms with Crippen LogP contribution in [-0.4, -0.2) is 24.0 Å². The third-order valence-corrected chi connectivity index (χ3v) is 6.50. The topological polar surface area (TPSA) is 69.0 Å². The molecule has 0 amide bonds. The zero-order chi connectivity index (χ0) is 20.1. The second-order valence-corrected chi connectivity index (χ2v) is 8.76. The van der Waals surface area contributed by atoms with Gasteiger partial charge in [-0.25, -0.2) is 12.8 Å². The van der Waals surface area contributed by atoms with E-state index in [1.54, 1.807) is 0 Å². The quantitative estimate of drug-likeness (QED) is 0.557. The lowest BCUT2D eigenvalue weighted by molar-refractivity contribution is -0.144. The van der Waals surface area contributed by atoms with Crippen molar-refractivity contribution in [3.05, 3.63) is 45.0 Å². The lowest BCUT2D eigenvalue weighted by atomic mass is 10.1. The zero-order valence-corrected chi connectivity index (χ0v) is 15.4. The first kappa shape index (κ1) is 19.8. The summed E-state index contributed by atoms with van der Waals surface area (Å²) >= 11 is 5.86. The first-order chi connectivity index (χ1) is 12.4. The van der Waals surface area contributed by atoms with E-state index in [-0.39, 0.29) is 27.7 Å². The fraction of sp³-hybridized carbons (Fsp3) is 0.375. The zero-order valence-electron chi connectivity index (χ0n) is 13.8. The van der Waals surface area contributed by atoms with Crippen LogP contribution in [0.1, 0.15) is 18.5 Å². The average Bonchev–Trinajstić information content (AvgIpc) is 3.31. The van der Waals surface area contributed by atoms with Gasteiger partial charge in [-0.05, 0) is 30.9 Å². The first-order valence-corrected chi connectivity index (χ1v) is 9.81. The number of hydrogen-bond acceptors (Lipinski definition) is 4. The Morgan fingerprint density at radius 3 is 2.44 bits per heavy atom. The van der Waals surface area contributed by atoms with Crippen molar-refractivity contribution >= 4 is 21.4 Å². The fourth-order valence-electron chi connectivity index (χ4n) is 2.62. The number of aryl methyl sites for hydroxylation is 1. The minimum atomic E-state index is -4.82. The summed E-state index contributed by atoms with van der Waals surface area (Å²) in [6.07, 6.45) is -3.31. The molecule has 1 saturated carbocycles. The first-order valence-electron chi connectivity index (χ1n) is 7.78. The predicted molar refractivity (Wildman–Crippen MR) is 89.7 cm³/mol. The maximum absolute atomic E-state index is 14.3.